The van der Waals surface area contributed by atoms with Gasteiger partial charge in [-0.2, -0.15) is 0 Å². The molecule has 2 amide bonds. The number of carbonyl (C=O) groups is 2. The number of aryl methyl sites for hydroxylation is 2. The van der Waals surface area contributed by atoms with Crippen molar-refractivity contribution in [2.45, 2.75) is 38.6 Å². The topological polar surface area (TPSA) is 71.3 Å². The maximum Gasteiger partial charge on any atom is 0.287 e. The van der Waals surface area contributed by atoms with E-state index < -0.39 is 6.04 Å². The molecule has 2 rings (SSSR count). The number of hydrogen-bond acceptors (Lipinski definition) is 4. The lowest BCUT2D eigenvalue weighted by Gasteiger charge is -2.21. The molecule has 6 heteroatoms. The fourth-order valence-corrected chi connectivity index (χ4v) is 3.28. The highest BCUT2D eigenvalue weighted by atomic mass is 32.2. The van der Waals surface area contributed by atoms with Crippen LogP contribution in [0, 0.1) is 19.8 Å². The second-order valence-corrected chi connectivity index (χ2v) is 7.73. The monoisotopic (exact) mass is 374 g/mol. The van der Waals surface area contributed by atoms with Crippen molar-refractivity contribution in [3.05, 3.63) is 53.5 Å². The molecule has 1 heterocycles. The SMILES string of the molecule is Cc1ccc(SCCNC(=O)[C@H](NC(=O)c2ccco2)C(C)C)cc1C. The van der Waals surface area contributed by atoms with Crippen molar-refractivity contribution in [3.8, 4) is 0 Å². The van der Waals surface area contributed by atoms with Crippen molar-refractivity contribution in [2.24, 2.45) is 5.92 Å². The third-order valence-corrected chi connectivity index (χ3v) is 5.12. The summed E-state index contributed by atoms with van der Waals surface area (Å²) < 4.78 is 5.07. The average Bonchev–Trinajstić information content (AvgIpc) is 3.13. The standard InChI is InChI=1S/C20H26N2O3S/c1-13(2)18(22-19(23)17-6-5-10-25-17)20(24)21-9-11-26-16-8-7-14(3)15(4)12-16/h5-8,10,12-13,18H,9,11H2,1-4H3,(H,21,24)(H,22,23)/t18-/m1/s1. The largest absolute Gasteiger partial charge is 0.459 e. The van der Waals surface area contributed by atoms with Crippen LogP contribution in [0.15, 0.2) is 45.9 Å². The first kappa shape index (κ1) is 20.1. The van der Waals surface area contributed by atoms with Crippen LogP contribution < -0.4 is 10.6 Å². The van der Waals surface area contributed by atoms with Crippen LogP contribution in [-0.2, 0) is 4.79 Å². The van der Waals surface area contributed by atoms with Crippen LogP contribution in [0.5, 0.6) is 0 Å². The smallest absolute Gasteiger partial charge is 0.287 e. The molecule has 0 saturated heterocycles. The van der Waals surface area contributed by atoms with Gasteiger partial charge < -0.3 is 15.1 Å². The zero-order valence-corrected chi connectivity index (χ0v) is 16.5. The Kier molecular flexibility index (Phi) is 7.33. The predicted molar refractivity (Wildman–Crippen MR) is 104 cm³/mol. The summed E-state index contributed by atoms with van der Waals surface area (Å²) in [6.45, 7) is 8.52. The molecule has 0 spiro atoms. The number of furan rings is 1. The normalized spacial score (nSPS) is 12.0. The first-order valence-electron chi connectivity index (χ1n) is 8.70. The van der Waals surface area contributed by atoms with Gasteiger partial charge in [0.2, 0.25) is 5.91 Å². The maximum absolute atomic E-state index is 12.4. The predicted octanol–water partition coefficient (Wildman–Crippen LogP) is 3.56. The molecule has 26 heavy (non-hydrogen) atoms. The first-order chi connectivity index (χ1) is 12.4. The minimum Gasteiger partial charge on any atom is -0.459 e. The van der Waals surface area contributed by atoms with E-state index in [0.29, 0.717) is 6.54 Å². The minimum absolute atomic E-state index is 0.0266. The molecule has 1 aromatic heterocycles. The number of benzene rings is 1. The van der Waals surface area contributed by atoms with Crippen molar-refractivity contribution in [1.82, 2.24) is 10.6 Å². The average molecular weight is 375 g/mol. The molecule has 0 aliphatic carbocycles. The summed E-state index contributed by atoms with van der Waals surface area (Å²) in [7, 11) is 0. The van der Waals surface area contributed by atoms with Gasteiger partial charge in [-0.25, -0.2) is 0 Å². The molecule has 0 saturated carbocycles. The van der Waals surface area contributed by atoms with Gasteiger partial charge in [0.1, 0.15) is 6.04 Å². The maximum atomic E-state index is 12.4. The van der Waals surface area contributed by atoms with Gasteiger partial charge in [-0.05, 0) is 55.2 Å². The summed E-state index contributed by atoms with van der Waals surface area (Å²) in [4.78, 5) is 25.7. The van der Waals surface area contributed by atoms with E-state index in [9.17, 15) is 9.59 Å². The van der Waals surface area contributed by atoms with Crippen LogP contribution in [0.2, 0.25) is 0 Å². The van der Waals surface area contributed by atoms with E-state index in [1.165, 1.54) is 22.3 Å². The number of rotatable bonds is 8. The molecular weight excluding hydrogens is 348 g/mol. The fourth-order valence-electron chi connectivity index (χ4n) is 2.41. The number of hydrogen-bond donors (Lipinski definition) is 2. The lowest BCUT2D eigenvalue weighted by Crippen LogP contribution is -2.50. The second-order valence-electron chi connectivity index (χ2n) is 6.56. The number of nitrogens with one attached hydrogen (secondary N) is 2. The van der Waals surface area contributed by atoms with Crippen molar-refractivity contribution in [3.63, 3.8) is 0 Å². The van der Waals surface area contributed by atoms with Gasteiger partial charge >= 0.3 is 0 Å². The molecule has 2 N–H and O–H groups in total. The van der Waals surface area contributed by atoms with Gasteiger partial charge in [-0.15, -0.1) is 11.8 Å². The Hall–Kier alpha value is -2.21. The zero-order valence-electron chi connectivity index (χ0n) is 15.7. The van der Waals surface area contributed by atoms with Crippen molar-refractivity contribution in [1.29, 1.82) is 0 Å². The van der Waals surface area contributed by atoms with Crippen molar-refractivity contribution in [2.75, 3.05) is 12.3 Å². The van der Waals surface area contributed by atoms with Gasteiger partial charge in [-0.1, -0.05) is 19.9 Å². The third kappa shape index (κ3) is 5.66. The Labute approximate surface area is 158 Å². The van der Waals surface area contributed by atoms with E-state index >= 15 is 0 Å². The number of carbonyl (C=O) groups excluding carboxylic acids is 2. The lowest BCUT2D eigenvalue weighted by atomic mass is 10.0. The molecule has 2 aromatic rings. The summed E-state index contributed by atoms with van der Waals surface area (Å²) in [6, 6.07) is 8.97. The molecule has 0 aliphatic heterocycles. The Morgan fingerprint density at radius 2 is 1.92 bits per heavy atom. The van der Waals surface area contributed by atoms with E-state index in [0.717, 1.165) is 5.75 Å². The highest BCUT2D eigenvalue weighted by Crippen LogP contribution is 2.20. The van der Waals surface area contributed by atoms with E-state index in [4.69, 9.17) is 4.42 Å². The van der Waals surface area contributed by atoms with Gasteiger partial charge in [0.05, 0.1) is 6.26 Å². The minimum atomic E-state index is -0.598. The van der Waals surface area contributed by atoms with E-state index in [2.05, 4.69) is 42.7 Å². The van der Waals surface area contributed by atoms with Crippen LogP contribution in [-0.4, -0.2) is 30.2 Å². The Morgan fingerprint density at radius 3 is 2.54 bits per heavy atom. The Bertz CT molecular complexity index is 742. The molecule has 5 nitrogen and oxygen atoms in total. The molecule has 0 fully saturated rings. The molecular formula is C20H26N2O3S. The van der Waals surface area contributed by atoms with Gasteiger partial charge in [0, 0.05) is 17.2 Å². The number of thioether (sulfide) groups is 1. The van der Waals surface area contributed by atoms with Gasteiger partial charge in [0.25, 0.3) is 5.91 Å². The zero-order chi connectivity index (χ0) is 19.1. The van der Waals surface area contributed by atoms with Crippen LogP contribution in [0.3, 0.4) is 0 Å². The highest BCUT2D eigenvalue weighted by molar-refractivity contribution is 7.99. The Morgan fingerprint density at radius 1 is 1.15 bits per heavy atom. The Balaban J connectivity index is 1.81. The quantitative estimate of drug-likeness (QED) is 0.547. The molecule has 0 bridgehead atoms. The van der Waals surface area contributed by atoms with Crippen molar-refractivity contribution >= 4 is 23.6 Å². The van der Waals surface area contributed by atoms with E-state index in [1.54, 1.807) is 23.9 Å². The molecule has 0 unspecified atom stereocenters. The van der Waals surface area contributed by atoms with Gasteiger partial charge in [0.15, 0.2) is 5.76 Å². The summed E-state index contributed by atoms with van der Waals surface area (Å²) in [5.74, 6) is 0.384. The first-order valence-corrected chi connectivity index (χ1v) is 9.69. The van der Waals surface area contributed by atoms with Crippen LogP contribution in [0.4, 0.5) is 0 Å². The van der Waals surface area contributed by atoms with Gasteiger partial charge in [-0.3, -0.25) is 9.59 Å². The second kappa shape index (κ2) is 9.48. The molecule has 1 aromatic carbocycles. The summed E-state index contributed by atoms with van der Waals surface area (Å²) in [6.07, 6.45) is 1.43. The molecule has 0 aliphatic rings. The third-order valence-electron chi connectivity index (χ3n) is 4.13. The number of amides is 2. The fraction of sp³-hybridized carbons (Fsp3) is 0.400. The summed E-state index contributed by atoms with van der Waals surface area (Å²) in [5, 5.41) is 5.65. The highest BCUT2D eigenvalue weighted by Gasteiger charge is 2.25. The van der Waals surface area contributed by atoms with E-state index in [1.807, 2.05) is 13.8 Å². The molecule has 140 valence electrons. The van der Waals surface area contributed by atoms with E-state index in [-0.39, 0.29) is 23.5 Å². The lowest BCUT2D eigenvalue weighted by molar-refractivity contribution is -0.123. The molecule has 1 atom stereocenters. The molecule has 0 radical (unpaired) electrons. The van der Waals surface area contributed by atoms with Crippen LogP contribution in [0.25, 0.3) is 0 Å². The van der Waals surface area contributed by atoms with Crippen LogP contribution in [0.1, 0.15) is 35.5 Å². The van der Waals surface area contributed by atoms with Crippen LogP contribution >= 0.6 is 11.8 Å². The summed E-state index contributed by atoms with van der Waals surface area (Å²) in [5.41, 5.74) is 2.54. The van der Waals surface area contributed by atoms with Crippen molar-refractivity contribution < 1.29 is 14.0 Å². The summed E-state index contributed by atoms with van der Waals surface area (Å²) >= 11 is 1.70.